The lowest BCUT2D eigenvalue weighted by Crippen LogP contribution is -2.31. The van der Waals surface area contributed by atoms with Gasteiger partial charge in [0.05, 0.1) is 18.0 Å². The van der Waals surface area contributed by atoms with E-state index in [2.05, 4.69) is 10.6 Å². The van der Waals surface area contributed by atoms with E-state index in [1.54, 1.807) is 19.1 Å². The number of carboxylic acid groups (broad SMARTS) is 1. The molecule has 2 aromatic rings. The summed E-state index contributed by atoms with van der Waals surface area (Å²) >= 11 is 0. The van der Waals surface area contributed by atoms with E-state index in [1.807, 2.05) is 0 Å². The van der Waals surface area contributed by atoms with Crippen LogP contribution in [-0.4, -0.2) is 22.2 Å². The molecule has 0 bridgehead atoms. The average Bonchev–Trinajstić information content (AvgIpc) is 2.94. The van der Waals surface area contributed by atoms with E-state index < -0.39 is 17.7 Å². The highest BCUT2D eigenvalue weighted by molar-refractivity contribution is 5.97. The molecule has 4 N–H and O–H groups in total. The van der Waals surface area contributed by atoms with Crippen LogP contribution in [-0.2, 0) is 0 Å². The first-order chi connectivity index (χ1) is 9.99. The van der Waals surface area contributed by atoms with Crippen LogP contribution in [0.1, 0.15) is 29.1 Å². The van der Waals surface area contributed by atoms with Gasteiger partial charge in [-0.1, -0.05) is 6.07 Å². The summed E-state index contributed by atoms with van der Waals surface area (Å²) in [6.07, 6.45) is 1.49. The van der Waals surface area contributed by atoms with Gasteiger partial charge in [-0.25, -0.2) is 9.59 Å². The van der Waals surface area contributed by atoms with Crippen molar-refractivity contribution >= 4 is 17.7 Å². The van der Waals surface area contributed by atoms with Gasteiger partial charge in [0, 0.05) is 0 Å². The number of anilines is 1. The number of rotatable bonds is 4. The molecule has 1 atom stereocenters. The Balaban J connectivity index is 2.06. The third kappa shape index (κ3) is 3.33. The molecule has 0 saturated heterocycles. The quantitative estimate of drug-likeness (QED) is 0.646. The minimum absolute atomic E-state index is 0.0130. The monoisotopic (exact) mass is 290 g/mol. The third-order valence-electron chi connectivity index (χ3n) is 2.83. The summed E-state index contributed by atoms with van der Waals surface area (Å²) in [6, 6.07) is 6.53. The molecule has 0 saturated carbocycles. The zero-order valence-corrected chi connectivity index (χ0v) is 11.2. The molecule has 0 aliphatic heterocycles. The Kier molecular flexibility index (Phi) is 4.13. The normalized spacial score (nSPS) is 11.7. The van der Waals surface area contributed by atoms with Crippen LogP contribution >= 0.6 is 0 Å². The maximum Gasteiger partial charge on any atom is 0.339 e. The molecule has 1 aromatic heterocycles. The van der Waals surface area contributed by atoms with Gasteiger partial charge in [0.1, 0.15) is 11.3 Å². The highest BCUT2D eigenvalue weighted by Crippen LogP contribution is 2.27. The number of nitrogens with one attached hydrogen (secondary N) is 2. The van der Waals surface area contributed by atoms with Gasteiger partial charge in [0.25, 0.3) is 0 Å². The van der Waals surface area contributed by atoms with Crippen LogP contribution in [0.25, 0.3) is 0 Å². The molecule has 0 spiro atoms. The lowest BCUT2D eigenvalue weighted by atomic mass is 10.1. The fourth-order valence-corrected chi connectivity index (χ4v) is 1.78. The Morgan fingerprint density at radius 2 is 2.00 bits per heavy atom. The number of amides is 2. The Morgan fingerprint density at radius 3 is 2.62 bits per heavy atom. The Hall–Kier alpha value is -2.96. The summed E-state index contributed by atoms with van der Waals surface area (Å²) in [5.41, 5.74) is -0.272. The number of benzene rings is 1. The van der Waals surface area contributed by atoms with Crippen molar-refractivity contribution in [1.29, 1.82) is 0 Å². The van der Waals surface area contributed by atoms with Crippen LogP contribution in [0, 0.1) is 0 Å². The van der Waals surface area contributed by atoms with Crippen molar-refractivity contribution in [3.63, 3.8) is 0 Å². The van der Waals surface area contributed by atoms with Crippen molar-refractivity contribution in [3.05, 3.63) is 47.9 Å². The smallest absolute Gasteiger partial charge is 0.339 e. The van der Waals surface area contributed by atoms with Gasteiger partial charge in [-0.05, 0) is 31.2 Å². The second-order valence-electron chi connectivity index (χ2n) is 4.34. The first-order valence-electron chi connectivity index (χ1n) is 6.15. The minimum Gasteiger partial charge on any atom is -0.505 e. The molecule has 1 heterocycles. The number of aromatic hydroxyl groups is 1. The third-order valence-corrected chi connectivity index (χ3v) is 2.83. The van der Waals surface area contributed by atoms with Crippen LogP contribution in [0.5, 0.6) is 5.75 Å². The highest BCUT2D eigenvalue weighted by Gasteiger charge is 2.16. The van der Waals surface area contributed by atoms with E-state index in [1.165, 1.54) is 24.5 Å². The molecule has 0 aliphatic carbocycles. The van der Waals surface area contributed by atoms with E-state index in [0.717, 1.165) is 0 Å². The number of urea groups is 1. The molecule has 1 aromatic carbocycles. The standard InChI is InChI=1S/C14H14N2O5/c1-8(11-6-3-7-21-11)15-14(20)16-10-5-2-4-9(12(10)17)13(18)19/h2-8,17H,1H3,(H,18,19)(H2,15,16,20). The summed E-state index contributed by atoms with van der Waals surface area (Å²) in [7, 11) is 0. The largest absolute Gasteiger partial charge is 0.505 e. The van der Waals surface area contributed by atoms with Gasteiger partial charge in [-0.15, -0.1) is 0 Å². The molecule has 0 aliphatic rings. The number of carbonyl (C=O) groups is 2. The van der Waals surface area contributed by atoms with Crippen LogP contribution in [0.4, 0.5) is 10.5 Å². The van der Waals surface area contributed by atoms with Crippen molar-refractivity contribution in [2.75, 3.05) is 5.32 Å². The number of hydrogen-bond donors (Lipinski definition) is 4. The molecule has 1 unspecified atom stereocenters. The van der Waals surface area contributed by atoms with Crippen LogP contribution < -0.4 is 10.6 Å². The highest BCUT2D eigenvalue weighted by atomic mass is 16.4. The van der Waals surface area contributed by atoms with Crippen molar-refractivity contribution < 1.29 is 24.2 Å². The number of carboxylic acids is 1. The van der Waals surface area contributed by atoms with Crippen molar-refractivity contribution in [2.45, 2.75) is 13.0 Å². The van der Waals surface area contributed by atoms with E-state index in [0.29, 0.717) is 5.76 Å². The van der Waals surface area contributed by atoms with E-state index in [-0.39, 0.29) is 17.3 Å². The van der Waals surface area contributed by atoms with Crippen LogP contribution in [0.2, 0.25) is 0 Å². The van der Waals surface area contributed by atoms with Gasteiger partial charge >= 0.3 is 12.0 Å². The maximum absolute atomic E-state index is 11.8. The van der Waals surface area contributed by atoms with E-state index in [4.69, 9.17) is 9.52 Å². The number of para-hydroxylation sites is 1. The Labute approximate surface area is 120 Å². The van der Waals surface area contributed by atoms with Crippen molar-refractivity contribution in [2.24, 2.45) is 0 Å². The zero-order valence-electron chi connectivity index (χ0n) is 11.2. The maximum atomic E-state index is 11.8. The predicted octanol–water partition coefficient (Wildman–Crippen LogP) is 2.57. The molecule has 21 heavy (non-hydrogen) atoms. The van der Waals surface area contributed by atoms with E-state index in [9.17, 15) is 14.7 Å². The van der Waals surface area contributed by atoms with Crippen LogP contribution in [0.3, 0.4) is 0 Å². The van der Waals surface area contributed by atoms with Crippen molar-refractivity contribution in [3.8, 4) is 5.75 Å². The van der Waals surface area contributed by atoms with Gasteiger partial charge in [0.2, 0.25) is 0 Å². The predicted molar refractivity (Wildman–Crippen MR) is 74.3 cm³/mol. The molecular formula is C14H14N2O5. The molecule has 7 nitrogen and oxygen atoms in total. The van der Waals surface area contributed by atoms with Crippen LogP contribution in [0.15, 0.2) is 41.0 Å². The number of furan rings is 1. The molecular weight excluding hydrogens is 276 g/mol. The molecule has 2 amide bonds. The molecule has 110 valence electrons. The average molecular weight is 290 g/mol. The number of hydrogen-bond acceptors (Lipinski definition) is 4. The lowest BCUT2D eigenvalue weighted by Gasteiger charge is -2.13. The Morgan fingerprint density at radius 1 is 1.24 bits per heavy atom. The lowest BCUT2D eigenvalue weighted by molar-refractivity contribution is 0.0693. The molecule has 0 fully saturated rings. The van der Waals surface area contributed by atoms with Crippen molar-refractivity contribution in [1.82, 2.24) is 5.32 Å². The molecule has 2 rings (SSSR count). The fraction of sp³-hybridized carbons (Fsp3) is 0.143. The number of aromatic carboxylic acids is 1. The molecule has 0 radical (unpaired) electrons. The number of phenols is 1. The van der Waals surface area contributed by atoms with E-state index >= 15 is 0 Å². The second-order valence-corrected chi connectivity index (χ2v) is 4.34. The van der Waals surface area contributed by atoms with Gasteiger partial charge < -0.3 is 25.3 Å². The second kappa shape index (κ2) is 6.00. The fourth-order valence-electron chi connectivity index (χ4n) is 1.78. The summed E-state index contributed by atoms with van der Waals surface area (Å²) in [4.78, 5) is 22.7. The number of carbonyl (C=O) groups excluding carboxylic acids is 1. The zero-order chi connectivity index (χ0) is 15.4. The van der Waals surface area contributed by atoms with Gasteiger partial charge in [-0.3, -0.25) is 0 Å². The first-order valence-corrected chi connectivity index (χ1v) is 6.15. The topological polar surface area (TPSA) is 112 Å². The summed E-state index contributed by atoms with van der Waals surface area (Å²) in [5.74, 6) is -1.19. The minimum atomic E-state index is -1.28. The SMILES string of the molecule is CC(NC(=O)Nc1cccc(C(=O)O)c1O)c1ccco1. The van der Waals surface area contributed by atoms with Gasteiger partial charge in [-0.2, -0.15) is 0 Å². The Bertz CT molecular complexity index is 651. The van der Waals surface area contributed by atoms with Gasteiger partial charge in [0.15, 0.2) is 5.75 Å². The summed E-state index contributed by atoms with van der Waals surface area (Å²) in [6.45, 7) is 1.73. The first kappa shape index (κ1) is 14.4. The molecule has 7 heteroatoms. The summed E-state index contributed by atoms with van der Waals surface area (Å²) in [5, 5.41) is 23.7. The summed E-state index contributed by atoms with van der Waals surface area (Å²) < 4.78 is 5.15.